The van der Waals surface area contributed by atoms with E-state index < -0.39 is 22.7 Å². The first kappa shape index (κ1) is 12.2. The predicted molar refractivity (Wildman–Crippen MR) is 56.5 cm³/mol. The lowest BCUT2D eigenvalue weighted by atomic mass is 9.86. The second-order valence-corrected chi connectivity index (χ2v) is 4.40. The highest BCUT2D eigenvalue weighted by atomic mass is 16.5. The Balaban J connectivity index is 3.34. The molecule has 0 spiro atoms. The average Bonchev–Trinajstić information content (AvgIpc) is 2.56. The quantitative estimate of drug-likeness (QED) is 0.574. The molecule has 16 heavy (non-hydrogen) atoms. The third-order valence-corrected chi connectivity index (χ3v) is 2.08. The predicted octanol–water partition coefficient (Wildman–Crippen LogP) is 0.718. The molecular formula is C10H14N2O4. The Morgan fingerprint density at radius 2 is 1.75 bits per heavy atom. The van der Waals surface area contributed by atoms with Crippen molar-refractivity contribution in [3.05, 3.63) is 21.6 Å². The SMILES string of the molecule is COC(=O)c1[nH][nH]c(=O)c1C(=O)C(C)(C)C. The van der Waals surface area contributed by atoms with Crippen LogP contribution in [0.3, 0.4) is 0 Å². The summed E-state index contributed by atoms with van der Waals surface area (Å²) in [6.07, 6.45) is 0. The standard InChI is InChI=1S/C10H14N2O4/c1-10(2,3)7(13)5-6(9(15)16-4)11-12-8(5)14/h1-4H3,(H2,11,12,14). The molecule has 0 saturated heterocycles. The molecule has 6 heteroatoms. The maximum atomic E-state index is 11.9. The lowest BCUT2D eigenvalue weighted by Gasteiger charge is -2.15. The summed E-state index contributed by atoms with van der Waals surface area (Å²) in [6.45, 7) is 5.01. The molecule has 0 amide bonds. The number of esters is 1. The highest BCUT2D eigenvalue weighted by molar-refractivity contribution is 6.07. The van der Waals surface area contributed by atoms with Crippen molar-refractivity contribution >= 4 is 11.8 Å². The second kappa shape index (κ2) is 3.96. The number of nitrogens with one attached hydrogen (secondary N) is 2. The van der Waals surface area contributed by atoms with Gasteiger partial charge < -0.3 is 4.74 Å². The average molecular weight is 226 g/mol. The molecular weight excluding hydrogens is 212 g/mol. The Hall–Kier alpha value is -1.85. The minimum atomic E-state index is -0.744. The summed E-state index contributed by atoms with van der Waals surface area (Å²) in [7, 11) is 1.18. The van der Waals surface area contributed by atoms with E-state index in [4.69, 9.17) is 0 Å². The molecule has 0 radical (unpaired) electrons. The van der Waals surface area contributed by atoms with Gasteiger partial charge >= 0.3 is 5.97 Å². The van der Waals surface area contributed by atoms with Crippen molar-refractivity contribution in [2.24, 2.45) is 5.41 Å². The number of aromatic nitrogens is 2. The number of H-pyrrole nitrogens is 2. The largest absolute Gasteiger partial charge is 0.464 e. The van der Waals surface area contributed by atoms with Crippen LogP contribution in [0.15, 0.2) is 4.79 Å². The Bertz CT molecular complexity index is 476. The van der Waals surface area contributed by atoms with Crippen LogP contribution in [0.25, 0.3) is 0 Å². The molecule has 0 aliphatic carbocycles. The number of ether oxygens (including phenoxy) is 1. The molecule has 0 atom stereocenters. The van der Waals surface area contributed by atoms with Crippen molar-refractivity contribution in [1.82, 2.24) is 10.2 Å². The molecule has 0 bridgehead atoms. The van der Waals surface area contributed by atoms with Gasteiger partial charge in [-0.15, -0.1) is 0 Å². The van der Waals surface area contributed by atoms with Crippen LogP contribution < -0.4 is 5.56 Å². The van der Waals surface area contributed by atoms with Gasteiger partial charge in [0.1, 0.15) is 5.56 Å². The van der Waals surface area contributed by atoms with Gasteiger partial charge in [-0.1, -0.05) is 20.8 Å². The smallest absolute Gasteiger partial charge is 0.356 e. The molecule has 6 nitrogen and oxygen atoms in total. The molecule has 0 unspecified atom stereocenters. The maximum Gasteiger partial charge on any atom is 0.356 e. The number of hydrogen-bond donors (Lipinski definition) is 2. The van der Waals surface area contributed by atoms with Gasteiger partial charge in [0.05, 0.1) is 7.11 Å². The number of methoxy groups -OCH3 is 1. The Kier molecular flexibility index (Phi) is 3.02. The topological polar surface area (TPSA) is 92.0 Å². The van der Waals surface area contributed by atoms with E-state index in [-0.39, 0.29) is 11.3 Å². The molecule has 0 aliphatic heterocycles. The number of aromatic amines is 2. The van der Waals surface area contributed by atoms with Crippen LogP contribution in [0.4, 0.5) is 0 Å². The second-order valence-electron chi connectivity index (χ2n) is 4.40. The summed E-state index contributed by atoms with van der Waals surface area (Å²) in [5.41, 5.74) is -1.66. The fraction of sp³-hybridized carbons (Fsp3) is 0.500. The Morgan fingerprint density at radius 3 is 2.19 bits per heavy atom. The highest BCUT2D eigenvalue weighted by Crippen LogP contribution is 2.20. The van der Waals surface area contributed by atoms with Crippen molar-refractivity contribution < 1.29 is 14.3 Å². The van der Waals surface area contributed by atoms with E-state index in [0.29, 0.717) is 0 Å². The molecule has 2 N–H and O–H groups in total. The summed E-state index contributed by atoms with van der Waals surface area (Å²) >= 11 is 0. The molecule has 0 aliphatic rings. The van der Waals surface area contributed by atoms with E-state index >= 15 is 0 Å². The van der Waals surface area contributed by atoms with Gasteiger partial charge in [-0.2, -0.15) is 0 Å². The lowest BCUT2D eigenvalue weighted by Crippen LogP contribution is -2.27. The molecule has 88 valence electrons. The van der Waals surface area contributed by atoms with Crippen LogP contribution >= 0.6 is 0 Å². The van der Waals surface area contributed by atoms with Gasteiger partial charge in [0.15, 0.2) is 11.5 Å². The van der Waals surface area contributed by atoms with E-state index in [2.05, 4.69) is 14.9 Å². The summed E-state index contributed by atoms with van der Waals surface area (Å²) in [6, 6.07) is 0. The van der Waals surface area contributed by atoms with Crippen molar-refractivity contribution in [3.63, 3.8) is 0 Å². The van der Waals surface area contributed by atoms with Crippen molar-refractivity contribution in [2.45, 2.75) is 20.8 Å². The maximum absolute atomic E-state index is 11.9. The summed E-state index contributed by atoms with van der Waals surface area (Å²) in [5, 5.41) is 4.55. The van der Waals surface area contributed by atoms with Gasteiger partial charge in [0.2, 0.25) is 0 Å². The van der Waals surface area contributed by atoms with E-state index in [1.54, 1.807) is 20.8 Å². The summed E-state index contributed by atoms with van der Waals surface area (Å²) in [4.78, 5) is 34.7. The zero-order valence-corrected chi connectivity index (χ0v) is 9.63. The molecule has 0 fully saturated rings. The van der Waals surface area contributed by atoms with Crippen molar-refractivity contribution in [2.75, 3.05) is 7.11 Å². The third-order valence-electron chi connectivity index (χ3n) is 2.08. The monoisotopic (exact) mass is 226 g/mol. The molecule has 1 rings (SSSR count). The first-order valence-electron chi connectivity index (χ1n) is 4.72. The fourth-order valence-corrected chi connectivity index (χ4v) is 1.20. The van der Waals surface area contributed by atoms with E-state index in [0.717, 1.165) is 0 Å². The van der Waals surface area contributed by atoms with Gasteiger partial charge in [-0.3, -0.25) is 19.8 Å². The highest BCUT2D eigenvalue weighted by Gasteiger charge is 2.31. The summed E-state index contributed by atoms with van der Waals surface area (Å²) in [5.74, 6) is -1.15. The normalized spacial score (nSPS) is 11.2. The molecule has 1 aromatic rings. The number of ketones is 1. The van der Waals surface area contributed by atoms with Crippen molar-refractivity contribution in [1.29, 1.82) is 0 Å². The number of carbonyl (C=O) groups excluding carboxylic acids is 2. The zero-order chi connectivity index (χ0) is 12.5. The van der Waals surface area contributed by atoms with Gasteiger partial charge in [0.25, 0.3) is 5.56 Å². The van der Waals surface area contributed by atoms with Crippen LogP contribution in [0.5, 0.6) is 0 Å². The minimum Gasteiger partial charge on any atom is -0.464 e. The third kappa shape index (κ3) is 2.05. The van der Waals surface area contributed by atoms with E-state index in [1.807, 2.05) is 0 Å². The van der Waals surface area contributed by atoms with Gasteiger partial charge in [-0.25, -0.2) is 4.79 Å². The molecule has 0 aromatic carbocycles. The zero-order valence-electron chi connectivity index (χ0n) is 9.63. The van der Waals surface area contributed by atoms with Crippen LogP contribution in [-0.4, -0.2) is 29.1 Å². The number of rotatable bonds is 2. The van der Waals surface area contributed by atoms with E-state index in [9.17, 15) is 14.4 Å². The number of carbonyl (C=O) groups is 2. The van der Waals surface area contributed by atoms with Gasteiger partial charge in [-0.05, 0) is 0 Å². The Morgan fingerprint density at radius 1 is 1.19 bits per heavy atom. The van der Waals surface area contributed by atoms with Crippen LogP contribution in [0.1, 0.15) is 41.6 Å². The van der Waals surface area contributed by atoms with Crippen LogP contribution in [0, 0.1) is 5.41 Å². The Labute approximate surface area is 92.0 Å². The molecule has 0 saturated carbocycles. The van der Waals surface area contributed by atoms with Crippen LogP contribution in [0.2, 0.25) is 0 Å². The first-order valence-corrected chi connectivity index (χ1v) is 4.72. The fourth-order valence-electron chi connectivity index (χ4n) is 1.20. The van der Waals surface area contributed by atoms with E-state index in [1.165, 1.54) is 7.11 Å². The number of Topliss-reactive ketones (excluding diaryl/α,β-unsaturated/α-hetero) is 1. The minimum absolute atomic E-state index is 0.132. The summed E-state index contributed by atoms with van der Waals surface area (Å²) < 4.78 is 4.47. The van der Waals surface area contributed by atoms with Crippen LogP contribution in [-0.2, 0) is 4.74 Å². The molecule has 1 heterocycles. The molecule has 1 aromatic heterocycles. The lowest BCUT2D eigenvalue weighted by molar-refractivity contribution is 0.0588. The first-order chi connectivity index (χ1) is 7.29. The van der Waals surface area contributed by atoms with Crippen molar-refractivity contribution in [3.8, 4) is 0 Å². The van der Waals surface area contributed by atoms with Gasteiger partial charge in [0, 0.05) is 5.41 Å². The number of hydrogen-bond acceptors (Lipinski definition) is 4.